The predicted molar refractivity (Wildman–Crippen MR) is 118 cm³/mol. The molecule has 4 rings (SSSR count). The van der Waals surface area contributed by atoms with Crippen molar-refractivity contribution >= 4 is 22.6 Å². The van der Waals surface area contributed by atoms with E-state index in [-0.39, 0.29) is 18.3 Å². The van der Waals surface area contributed by atoms with Crippen molar-refractivity contribution < 1.29 is 13.9 Å². The summed E-state index contributed by atoms with van der Waals surface area (Å²) in [5, 5.41) is 11.7. The minimum absolute atomic E-state index is 0.0965. The molecule has 1 aromatic heterocycles. The number of amides is 1. The van der Waals surface area contributed by atoms with Gasteiger partial charge >= 0.3 is 0 Å². The molecule has 1 N–H and O–H groups in total. The summed E-state index contributed by atoms with van der Waals surface area (Å²) in [5.74, 6) is 0.505. The standard InChI is InChI=1S/C24H23FN4O2/c1-15(2)17-4-10-20(11-5-17)31-14-24(30)26-21-13-23-22(12-16(21)3)27-29(28-23)19-8-6-18(25)7-9-19/h4-13,15H,14H2,1-3H3,(H,26,30). The van der Waals surface area contributed by atoms with Gasteiger partial charge in [0.1, 0.15) is 22.6 Å². The van der Waals surface area contributed by atoms with Crippen molar-refractivity contribution in [1.82, 2.24) is 15.0 Å². The zero-order valence-corrected chi connectivity index (χ0v) is 17.6. The van der Waals surface area contributed by atoms with Crippen LogP contribution in [0.4, 0.5) is 10.1 Å². The second-order valence-corrected chi connectivity index (χ2v) is 7.68. The summed E-state index contributed by atoms with van der Waals surface area (Å²) in [4.78, 5) is 13.8. The van der Waals surface area contributed by atoms with Gasteiger partial charge in [-0.15, -0.1) is 10.2 Å². The maximum Gasteiger partial charge on any atom is 0.262 e. The number of aromatic nitrogens is 3. The monoisotopic (exact) mass is 418 g/mol. The van der Waals surface area contributed by atoms with Crippen LogP contribution < -0.4 is 10.1 Å². The van der Waals surface area contributed by atoms with E-state index >= 15 is 0 Å². The number of carbonyl (C=O) groups is 1. The first-order valence-electron chi connectivity index (χ1n) is 10.1. The van der Waals surface area contributed by atoms with Gasteiger partial charge in [-0.05, 0) is 72.5 Å². The number of fused-ring (bicyclic) bond motifs is 1. The highest BCUT2D eigenvalue weighted by molar-refractivity contribution is 5.95. The van der Waals surface area contributed by atoms with Gasteiger partial charge in [0.05, 0.1) is 5.69 Å². The molecule has 3 aromatic carbocycles. The molecule has 0 spiro atoms. The van der Waals surface area contributed by atoms with E-state index in [0.29, 0.717) is 34.1 Å². The second kappa shape index (κ2) is 8.55. The quantitative estimate of drug-likeness (QED) is 0.478. The molecule has 0 saturated carbocycles. The lowest BCUT2D eigenvalue weighted by Crippen LogP contribution is -2.20. The smallest absolute Gasteiger partial charge is 0.262 e. The summed E-state index contributed by atoms with van der Waals surface area (Å²) >= 11 is 0. The number of hydrogen-bond acceptors (Lipinski definition) is 4. The Morgan fingerprint density at radius 3 is 2.32 bits per heavy atom. The molecule has 1 amide bonds. The second-order valence-electron chi connectivity index (χ2n) is 7.68. The zero-order valence-electron chi connectivity index (χ0n) is 17.6. The topological polar surface area (TPSA) is 69.0 Å². The summed E-state index contributed by atoms with van der Waals surface area (Å²) in [6.07, 6.45) is 0. The molecule has 4 aromatic rings. The van der Waals surface area contributed by atoms with Crippen molar-refractivity contribution in [2.75, 3.05) is 11.9 Å². The van der Waals surface area contributed by atoms with Crippen molar-refractivity contribution in [2.24, 2.45) is 0 Å². The Morgan fingerprint density at radius 2 is 1.68 bits per heavy atom. The number of hydrogen-bond donors (Lipinski definition) is 1. The highest BCUT2D eigenvalue weighted by Gasteiger charge is 2.11. The molecule has 158 valence electrons. The molecule has 0 fully saturated rings. The van der Waals surface area contributed by atoms with Crippen LogP contribution in [-0.2, 0) is 4.79 Å². The fourth-order valence-corrected chi connectivity index (χ4v) is 3.18. The lowest BCUT2D eigenvalue weighted by molar-refractivity contribution is -0.118. The number of benzene rings is 3. The van der Waals surface area contributed by atoms with Gasteiger partial charge in [0.25, 0.3) is 5.91 Å². The fraction of sp³-hybridized carbons (Fsp3) is 0.208. The van der Waals surface area contributed by atoms with Crippen LogP contribution in [0.2, 0.25) is 0 Å². The largest absolute Gasteiger partial charge is 0.484 e. The number of aryl methyl sites for hydroxylation is 1. The van der Waals surface area contributed by atoms with Gasteiger partial charge in [-0.3, -0.25) is 4.79 Å². The van der Waals surface area contributed by atoms with Crippen LogP contribution in [0.15, 0.2) is 60.7 Å². The zero-order chi connectivity index (χ0) is 22.0. The molecule has 0 saturated heterocycles. The van der Waals surface area contributed by atoms with Gasteiger partial charge in [0.15, 0.2) is 6.61 Å². The Balaban J connectivity index is 1.45. The number of halogens is 1. The van der Waals surface area contributed by atoms with Gasteiger partial charge in [0, 0.05) is 5.69 Å². The first kappa shape index (κ1) is 20.5. The van der Waals surface area contributed by atoms with Crippen LogP contribution in [-0.4, -0.2) is 27.5 Å². The molecule has 1 heterocycles. The fourth-order valence-electron chi connectivity index (χ4n) is 3.18. The van der Waals surface area contributed by atoms with E-state index in [1.54, 1.807) is 18.2 Å². The van der Waals surface area contributed by atoms with Crippen LogP contribution in [0, 0.1) is 12.7 Å². The maximum absolute atomic E-state index is 13.2. The number of carbonyl (C=O) groups excluding carboxylic acids is 1. The Bertz CT molecular complexity index is 1220. The summed E-state index contributed by atoms with van der Waals surface area (Å²) in [6, 6.07) is 17.3. The van der Waals surface area contributed by atoms with E-state index < -0.39 is 0 Å². The Hall–Kier alpha value is -3.74. The number of ether oxygens (including phenoxy) is 1. The van der Waals surface area contributed by atoms with Crippen molar-refractivity contribution in [3.05, 3.63) is 77.6 Å². The normalized spacial score (nSPS) is 11.1. The number of rotatable bonds is 6. The van der Waals surface area contributed by atoms with E-state index in [2.05, 4.69) is 29.4 Å². The summed E-state index contributed by atoms with van der Waals surface area (Å²) in [6.45, 7) is 6.04. The van der Waals surface area contributed by atoms with Crippen LogP contribution in [0.5, 0.6) is 5.75 Å². The predicted octanol–water partition coefficient (Wildman–Crippen LogP) is 5.01. The minimum atomic E-state index is -0.320. The minimum Gasteiger partial charge on any atom is -0.484 e. The van der Waals surface area contributed by atoms with Crippen LogP contribution in [0.3, 0.4) is 0 Å². The van der Waals surface area contributed by atoms with E-state index in [9.17, 15) is 9.18 Å². The van der Waals surface area contributed by atoms with Gasteiger partial charge in [0.2, 0.25) is 0 Å². The first-order chi connectivity index (χ1) is 14.9. The Morgan fingerprint density at radius 1 is 1.03 bits per heavy atom. The van der Waals surface area contributed by atoms with Crippen molar-refractivity contribution in [3.8, 4) is 11.4 Å². The third kappa shape index (κ3) is 4.71. The molecular weight excluding hydrogens is 395 g/mol. The van der Waals surface area contributed by atoms with E-state index in [0.717, 1.165) is 5.56 Å². The van der Waals surface area contributed by atoms with Crippen molar-refractivity contribution in [2.45, 2.75) is 26.7 Å². The van der Waals surface area contributed by atoms with Crippen LogP contribution >= 0.6 is 0 Å². The number of nitrogens with zero attached hydrogens (tertiary/aromatic N) is 3. The average Bonchev–Trinajstić information content (AvgIpc) is 3.16. The number of nitrogens with one attached hydrogen (secondary N) is 1. The summed E-state index contributed by atoms with van der Waals surface area (Å²) < 4.78 is 18.8. The highest BCUT2D eigenvalue weighted by Crippen LogP contribution is 2.23. The molecule has 0 atom stereocenters. The third-order valence-electron chi connectivity index (χ3n) is 4.97. The van der Waals surface area contributed by atoms with E-state index in [1.165, 1.54) is 22.5 Å². The third-order valence-corrected chi connectivity index (χ3v) is 4.97. The summed E-state index contributed by atoms with van der Waals surface area (Å²) in [7, 11) is 0. The molecule has 7 heteroatoms. The molecular formula is C24H23FN4O2. The van der Waals surface area contributed by atoms with E-state index in [4.69, 9.17) is 4.74 Å². The lowest BCUT2D eigenvalue weighted by Gasteiger charge is -2.10. The SMILES string of the molecule is Cc1cc2nn(-c3ccc(F)cc3)nc2cc1NC(=O)COc1ccc(C(C)C)cc1. The molecule has 0 bridgehead atoms. The Kier molecular flexibility index (Phi) is 5.66. The van der Waals surface area contributed by atoms with Crippen molar-refractivity contribution in [1.29, 1.82) is 0 Å². The molecule has 0 unspecified atom stereocenters. The highest BCUT2D eigenvalue weighted by atomic mass is 19.1. The molecule has 0 aliphatic heterocycles. The maximum atomic E-state index is 13.2. The first-order valence-corrected chi connectivity index (χ1v) is 10.1. The lowest BCUT2D eigenvalue weighted by atomic mass is 10.0. The number of anilines is 1. The van der Waals surface area contributed by atoms with Gasteiger partial charge in [-0.1, -0.05) is 26.0 Å². The summed E-state index contributed by atoms with van der Waals surface area (Å²) in [5.41, 5.74) is 4.67. The van der Waals surface area contributed by atoms with Gasteiger partial charge in [-0.2, -0.15) is 4.80 Å². The Labute approximate surface area is 179 Å². The molecule has 0 aliphatic rings. The molecule has 0 radical (unpaired) electrons. The molecule has 0 aliphatic carbocycles. The molecule has 6 nitrogen and oxygen atoms in total. The van der Waals surface area contributed by atoms with Crippen LogP contribution in [0.25, 0.3) is 16.7 Å². The van der Waals surface area contributed by atoms with Crippen LogP contribution in [0.1, 0.15) is 30.9 Å². The van der Waals surface area contributed by atoms with Crippen molar-refractivity contribution in [3.63, 3.8) is 0 Å². The van der Waals surface area contributed by atoms with Gasteiger partial charge in [-0.25, -0.2) is 4.39 Å². The van der Waals surface area contributed by atoms with Gasteiger partial charge < -0.3 is 10.1 Å². The molecule has 31 heavy (non-hydrogen) atoms. The van der Waals surface area contributed by atoms with E-state index in [1.807, 2.05) is 37.3 Å². The average molecular weight is 418 g/mol.